The molecule has 0 aromatic heterocycles. The van der Waals surface area contributed by atoms with E-state index >= 15 is 0 Å². The predicted molar refractivity (Wildman–Crippen MR) is 108 cm³/mol. The first-order chi connectivity index (χ1) is 13.7. The van der Waals surface area contributed by atoms with E-state index in [0.717, 1.165) is 33.2 Å². The van der Waals surface area contributed by atoms with Crippen LogP contribution >= 0.6 is 0 Å². The molecule has 0 aliphatic rings. The molecule has 0 saturated heterocycles. The molecule has 4 aromatic carbocycles. The quantitative estimate of drug-likeness (QED) is 0.322. The number of nitrogens with one attached hydrogen (secondary N) is 1. The van der Waals surface area contributed by atoms with Crippen molar-refractivity contribution in [3.63, 3.8) is 0 Å². The van der Waals surface area contributed by atoms with Gasteiger partial charge < -0.3 is 0 Å². The van der Waals surface area contributed by atoms with Crippen molar-refractivity contribution in [2.75, 3.05) is 0 Å². The standard InChI is InChI=1S/C23H14FN3O/c24-22-11-15(13-25)9-10-20(22)23(28)27-26-14-21-18-7-3-1-5-16(18)12-17-6-2-4-8-19(17)21/h1-12,14H,(H,27,28)/b26-14-. The average molecular weight is 367 g/mol. The Balaban J connectivity index is 1.69. The summed E-state index contributed by atoms with van der Waals surface area (Å²) in [6.07, 6.45) is 1.57. The maximum Gasteiger partial charge on any atom is 0.274 e. The van der Waals surface area contributed by atoms with Crippen LogP contribution in [0.2, 0.25) is 0 Å². The van der Waals surface area contributed by atoms with Crippen LogP contribution in [0.1, 0.15) is 21.5 Å². The zero-order valence-corrected chi connectivity index (χ0v) is 14.7. The molecule has 0 atom stereocenters. The Morgan fingerprint density at radius 3 is 2.21 bits per heavy atom. The maximum absolute atomic E-state index is 14.0. The van der Waals surface area contributed by atoms with Crippen LogP contribution in [-0.4, -0.2) is 12.1 Å². The molecule has 1 N–H and O–H groups in total. The van der Waals surface area contributed by atoms with Crippen molar-refractivity contribution in [2.45, 2.75) is 0 Å². The second-order valence-corrected chi connectivity index (χ2v) is 6.24. The van der Waals surface area contributed by atoms with Gasteiger partial charge in [-0.1, -0.05) is 48.5 Å². The summed E-state index contributed by atoms with van der Waals surface area (Å²) in [5.41, 5.74) is 3.22. The number of hydrogen-bond acceptors (Lipinski definition) is 3. The fraction of sp³-hybridized carbons (Fsp3) is 0. The molecule has 4 rings (SSSR count). The Bertz CT molecular complexity index is 1230. The Kier molecular flexibility index (Phi) is 4.53. The normalized spacial score (nSPS) is 11.0. The number of carbonyl (C=O) groups is 1. The van der Waals surface area contributed by atoms with Crippen molar-refractivity contribution in [1.82, 2.24) is 5.43 Å². The first-order valence-electron chi connectivity index (χ1n) is 8.61. The molecule has 4 nitrogen and oxygen atoms in total. The largest absolute Gasteiger partial charge is 0.274 e. The van der Waals surface area contributed by atoms with Crippen molar-refractivity contribution in [3.8, 4) is 6.07 Å². The summed E-state index contributed by atoms with van der Waals surface area (Å²) in [6, 6.07) is 23.5. The molecule has 0 aliphatic carbocycles. The van der Waals surface area contributed by atoms with Gasteiger partial charge in [-0.05, 0) is 45.8 Å². The van der Waals surface area contributed by atoms with E-state index < -0.39 is 11.7 Å². The van der Waals surface area contributed by atoms with Crippen molar-refractivity contribution in [3.05, 3.63) is 95.3 Å². The zero-order valence-electron chi connectivity index (χ0n) is 14.7. The number of nitriles is 1. The van der Waals surface area contributed by atoms with E-state index in [4.69, 9.17) is 5.26 Å². The van der Waals surface area contributed by atoms with Crippen molar-refractivity contribution in [1.29, 1.82) is 5.26 Å². The molecule has 0 radical (unpaired) electrons. The number of halogens is 1. The van der Waals surface area contributed by atoms with E-state index in [2.05, 4.69) is 16.6 Å². The molecule has 0 heterocycles. The lowest BCUT2D eigenvalue weighted by atomic mass is 9.97. The lowest BCUT2D eigenvalue weighted by Crippen LogP contribution is -2.19. The van der Waals surface area contributed by atoms with Gasteiger partial charge in [0.05, 0.1) is 23.4 Å². The summed E-state index contributed by atoms with van der Waals surface area (Å²) < 4.78 is 14.0. The molecule has 5 heteroatoms. The summed E-state index contributed by atoms with van der Waals surface area (Å²) in [4.78, 5) is 12.2. The highest BCUT2D eigenvalue weighted by atomic mass is 19.1. The molecular formula is C23H14FN3O. The minimum atomic E-state index is -0.762. The van der Waals surface area contributed by atoms with E-state index in [1.807, 2.05) is 54.6 Å². The number of carbonyl (C=O) groups excluding carboxylic acids is 1. The van der Waals surface area contributed by atoms with Gasteiger partial charge in [-0.15, -0.1) is 0 Å². The van der Waals surface area contributed by atoms with Gasteiger partial charge in [0.1, 0.15) is 5.82 Å². The van der Waals surface area contributed by atoms with Gasteiger partial charge in [-0.2, -0.15) is 10.4 Å². The van der Waals surface area contributed by atoms with Crippen LogP contribution in [0.4, 0.5) is 4.39 Å². The number of rotatable bonds is 3. The van der Waals surface area contributed by atoms with Crippen molar-refractivity contribution < 1.29 is 9.18 Å². The Labute approximate surface area is 160 Å². The Morgan fingerprint density at radius 2 is 1.61 bits per heavy atom. The Morgan fingerprint density at radius 1 is 0.964 bits per heavy atom. The SMILES string of the molecule is N#Cc1ccc(C(=O)N/N=C\c2c3ccccc3cc3ccccc23)c(F)c1. The minimum Gasteiger partial charge on any atom is -0.267 e. The van der Waals surface area contributed by atoms with Crippen molar-refractivity contribution >= 4 is 33.7 Å². The average Bonchev–Trinajstić information content (AvgIpc) is 2.73. The molecule has 0 aliphatic heterocycles. The van der Waals surface area contributed by atoms with E-state index in [0.29, 0.717) is 0 Å². The molecule has 134 valence electrons. The zero-order chi connectivity index (χ0) is 19.5. The van der Waals surface area contributed by atoms with Crippen LogP contribution in [0.3, 0.4) is 0 Å². The van der Waals surface area contributed by atoms with Gasteiger partial charge >= 0.3 is 0 Å². The fourth-order valence-corrected chi connectivity index (χ4v) is 3.17. The number of fused-ring (bicyclic) bond motifs is 2. The molecule has 0 saturated carbocycles. The summed E-state index contributed by atoms with van der Waals surface area (Å²) in [5.74, 6) is -1.44. The van der Waals surface area contributed by atoms with Gasteiger partial charge in [0.2, 0.25) is 0 Å². The molecule has 0 spiro atoms. The second kappa shape index (κ2) is 7.29. The van der Waals surface area contributed by atoms with Crippen LogP contribution in [-0.2, 0) is 0 Å². The lowest BCUT2D eigenvalue weighted by molar-refractivity contribution is 0.0951. The molecule has 4 aromatic rings. The van der Waals surface area contributed by atoms with Crippen LogP contribution in [0.15, 0.2) is 77.9 Å². The third kappa shape index (κ3) is 3.19. The summed E-state index contributed by atoms with van der Waals surface area (Å²) in [6.45, 7) is 0. The van der Waals surface area contributed by atoms with Crippen LogP contribution in [0, 0.1) is 17.1 Å². The van der Waals surface area contributed by atoms with Gasteiger partial charge in [0, 0.05) is 5.56 Å². The molecule has 0 bridgehead atoms. The molecule has 1 amide bonds. The highest BCUT2D eigenvalue weighted by Gasteiger charge is 2.12. The minimum absolute atomic E-state index is 0.153. The van der Waals surface area contributed by atoms with Crippen LogP contribution < -0.4 is 5.43 Å². The first-order valence-corrected chi connectivity index (χ1v) is 8.61. The third-order valence-electron chi connectivity index (χ3n) is 4.52. The summed E-state index contributed by atoms with van der Waals surface area (Å²) >= 11 is 0. The number of nitrogens with zero attached hydrogens (tertiary/aromatic N) is 2. The molecule has 28 heavy (non-hydrogen) atoms. The van der Waals surface area contributed by atoms with E-state index in [1.165, 1.54) is 12.1 Å². The van der Waals surface area contributed by atoms with E-state index in [1.54, 1.807) is 6.21 Å². The molecule has 0 unspecified atom stereocenters. The Hall–Kier alpha value is -4.04. The smallest absolute Gasteiger partial charge is 0.267 e. The van der Waals surface area contributed by atoms with Crippen LogP contribution in [0.25, 0.3) is 21.5 Å². The summed E-state index contributed by atoms with van der Waals surface area (Å²) in [5, 5.41) is 17.0. The van der Waals surface area contributed by atoms with Crippen molar-refractivity contribution in [2.24, 2.45) is 5.10 Å². The third-order valence-corrected chi connectivity index (χ3v) is 4.52. The topological polar surface area (TPSA) is 65.2 Å². The fourth-order valence-electron chi connectivity index (χ4n) is 3.17. The summed E-state index contributed by atoms with van der Waals surface area (Å²) in [7, 11) is 0. The molecule has 0 fully saturated rings. The highest BCUT2D eigenvalue weighted by molar-refractivity contribution is 6.13. The maximum atomic E-state index is 14.0. The van der Waals surface area contributed by atoms with E-state index in [9.17, 15) is 9.18 Å². The van der Waals surface area contributed by atoms with Gasteiger partial charge in [0.15, 0.2) is 0 Å². The van der Waals surface area contributed by atoms with E-state index in [-0.39, 0.29) is 11.1 Å². The number of amides is 1. The number of benzene rings is 4. The van der Waals surface area contributed by atoms with Gasteiger partial charge in [0.25, 0.3) is 5.91 Å². The monoisotopic (exact) mass is 367 g/mol. The first kappa shape index (κ1) is 17.4. The van der Waals surface area contributed by atoms with Gasteiger partial charge in [-0.25, -0.2) is 9.82 Å². The molecular weight excluding hydrogens is 353 g/mol. The van der Waals surface area contributed by atoms with Gasteiger partial charge in [-0.3, -0.25) is 4.79 Å². The lowest BCUT2D eigenvalue weighted by Gasteiger charge is -2.08. The predicted octanol–water partition coefficient (Wildman–Crippen LogP) is 4.77. The van der Waals surface area contributed by atoms with Crippen LogP contribution in [0.5, 0.6) is 0 Å². The highest BCUT2D eigenvalue weighted by Crippen LogP contribution is 2.27. The second-order valence-electron chi connectivity index (χ2n) is 6.24. The number of hydrogen-bond donors (Lipinski definition) is 1. The number of hydrazone groups is 1.